The van der Waals surface area contributed by atoms with E-state index in [0.717, 1.165) is 12.8 Å². The molecule has 1 fully saturated rings. The molecule has 1 aliphatic heterocycles. The van der Waals surface area contributed by atoms with Gasteiger partial charge in [-0.3, -0.25) is 14.2 Å². The minimum Gasteiger partial charge on any atom is -0.341 e. The third kappa shape index (κ3) is 3.38. The van der Waals surface area contributed by atoms with Gasteiger partial charge < -0.3 is 9.42 Å². The third-order valence-electron chi connectivity index (χ3n) is 4.56. The molecule has 138 valence electrons. The molecule has 1 aromatic carbocycles. The van der Waals surface area contributed by atoms with E-state index in [-0.39, 0.29) is 35.3 Å². The standard InChI is InChI=1S/C19H17FN4O3/c20-14-7-2-1-6-13(14)18-21-19(27-22-18)15-8-5-9-16(25)24(15)12-17(26)23-10-3-4-11-23/h1-2,5-9H,3-4,10-12H2. The second kappa shape index (κ2) is 7.14. The summed E-state index contributed by atoms with van der Waals surface area (Å²) in [6.07, 6.45) is 1.94. The maximum atomic E-state index is 13.9. The first kappa shape index (κ1) is 17.1. The van der Waals surface area contributed by atoms with Crippen molar-refractivity contribution in [1.82, 2.24) is 19.6 Å². The Labute approximate surface area is 154 Å². The number of halogens is 1. The van der Waals surface area contributed by atoms with Crippen LogP contribution in [-0.4, -0.2) is 38.6 Å². The molecule has 8 heteroatoms. The lowest BCUT2D eigenvalue weighted by Gasteiger charge is -2.17. The van der Waals surface area contributed by atoms with Crippen molar-refractivity contribution >= 4 is 5.91 Å². The smallest absolute Gasteiger partial charge is 0.274 e. The Kier molecular flexibility index (Phi) is 4.53. The van der Waals surface area contributed by atoms with E-state index in [2.05, 4.69) is 10.1 Å². The molecule has 1 saturated heterocycles. The van der Waals surface area contributed by atoms with Gasteiger partial charge in [0.2, 0.25) is 11.7 Å². The Morgan fingerprint density at radius 1 is 1.11 bits per heavy atom. The van der Waals surface area contributed by atoms with Gasteiger partial charge in [-0.15, -0.1) is 0 Å². The van der Waals surface area contributed by atoms with E-state index >= 15 is 0 Å². The highest BCUT2D eigenvalue weighted by Crippen LogP contribution is 2.23. The Morgan fingerprint density at radius 2 is 1.89 bits per heavy atom. The van der Waals surface area contributed by atoms with Crippen LogP contribution in [0.3, 0.4) is 0 Å². The molecule has 0 N–H and O–H groups in total. The van der Waals surface area contributed by atoms with Gasteiger partial charge in [0.05, 0.1) is 5.56 Å². The van der Waals surface area contributed by atoms with Crippen molar-refractivity contribution in [2.75, 3.05) is 13.1 Å². The fraction of sp³-hybridized carbons (Fsp3) is 0.263. The molecule has 1 amide bonds. The van der Waals surface area contributed by atoms with Crippen molar-refractivity contribution in [3.63, 3.8) is 0 Å². The Bertz CT molecular complexity index is 1040. The fourth-order valence-electron chi connectivity index (χ4n) is 3.15. The van der Waals surface area contributed by atoms with Crippen LogP contribution in [0.4, 0.5) is 4.39 Å². The highest BCUT2D eigenvalue weighted by atomic mass is 19.1. The molecule has 4 rings (SSSR count). The van der Waals surface area contributed by atoms with Gasteiger partial charge in [-0.05, 0) is 31.0 Å². The van der Waals surface area contributed by atoms with Gasteiger partial charge in [-0.25, -0.2) is 4.39 Å². The van der Waals surface area contributed by atoms with Gasteiger partial charge in [0.25, 0.3) is 11.4 Å². The average Bonchev–Trinajstić information content (AvgIpc) is 3.36. The molecular formula is C19H17FN4O3. The molecule has 3 aromatic rings. The molecule has 2 aromatic heterocycles. The number of carbonyl (C=O) groups is 1. The molecule has 0 saturated carbocycles. The van der Waals surface area contributed by atoms with Gasteiger partial charge >= 0.3 is 0 Å². The molecule has 0 aliphatic carbocycles. The summed E-state index contributed by atoms with van der Waals surface area (Å²) < 4.78 is 20.5. The highest BCUT2D eigenvalue weighted by molar-refractivity contribution is 5.77. The van der Waals surface area contributed by atoms with Crippen LogP contribution in [0.5, 0.6) is 0 Å². The number of carbonyl (C=O) groups excluding carboxylic acids is 1. The normalized spacial score (nSPS) is 13.9. The number of aromatic nitrogens is 3. The predicted molar refractivity (Wildman–Crippen MR) is 95.2 cm³/mol. The molecule has 0 unspecified atom stereocenters. The fourth-order valence-corrected chi connectivity index (χ4v) is 3.15. The van der Waals surface area contributed by atoms with Crippen LogP contribution in [0.1, 0.15) is 12.8 Å². The molecule has 3 heterocycles. The predicted octanol–water partition coefficient (Wildman–Crippen LogP) is 2.33. The minimum absolute atomic E-state index is 0.0557. The largest absolute Gasteiger partial charge is 0.341 e. The molecule has 0 atom stereocenters. The number of hydrogen-bond acceptors (Lipinski definition) is 5. The van der Waals surface area contributed by atoms with Crippen molar-refractivity contribution in [3.8, 4) is 23.0 Å². The van der Waals surface area contributed by atoms with Crippen molar-refractivity contribution < 1.29 is 13.7 Å². The number of benzene rings is 1. The van der Waals surface area contributed by atoms with E-state index in [1.54, 1.807) is 35.2 Å². The highest BCUT2D eigenvalue weighted by Gasteiger charge is 2.22. The van der Waals surface area contributed by atoms with E-state index in [1.165, 1.54) is 16.7 Å². The van der Waals surface area contributed by atoms with Gasteiger partial charge in [0.1, 0.15) is 18.1 Å². The molecule has 0 radical (unpaired) electrons. The van der Waals surface area contributed by atoms with Crippen LogP contribution in [0.15, 0.2) is 51.8 Å². The van der Waals surface area contributed by atoms with Crippen LogP contribution in [0, 0.1) is 5.82 Å². The topological polar surface area (TPSA) is 81.2 Å². The monoisotopic (exact) mass is 368 g/mol. The second-order valence-corrected chi connectivity index (χ2v) is 6.33. The lowest BCUT2D eigenvalue weighted by molar-refractivity contribution is -0.130. The Balaban J connectivity index is 1.68. The van der Waals surface area contributed by atoms with E-state index in [0.29, 0.717) is 18.8 Å². The molecule has 0 spiro atoms. The zero-order valence-electron chi connectivity index (χ0n) is 14.5. The summed E-state index contributed by atoms with van der Waals surface area (Å²) in [6.45, 7) is 1.30. The SMILES string of the molecule is O=C(Cn1c(-c2nc(-c3ccccc3F)no2)cccc1=O)N1CCCC1. The third-order valence-corrected chi connectivity index (χ3v) is 4.56. The van der Waals surface area contributed by atoms with Gasteiger partial charge in [0, 0.05) is 19.2 Å². The molecule has 7 nitrogen and oxygen atoms in total. The minimum atomic E-state index is -0.473. The molecule has 27 heavy (non-hydrogen) atoms. The summed E-state index contributed by atoms with van der Waals surface area (Å²) in [5.74, 6) is -0.465. The molecular weight excluding hydrogens is 351 g/mol. The van der Waals surface area contributed by atoms with Crippen LogP contribution in [0.25, 0.3) is 23.0 Å². The number of likely N-dealkylation sites (tertiary alicyclic amines) is 1. The summed E-state index contributed by atoms with van der Waals surface area (Å²) in [5, 5.41) is 3.81. The molecule has 0 bridgehead atoms. The summed E-state index contributed by atoms with van der Waals surface area (Å²) in [4.78, 5) is 30.8. The van der Waals surface area contributed by atoms with Gasteiger partial charge in [-0.1, -0.05) is 23.4 Å². The van der Waals surface area contributed by atoms with E-state index in [1.807, 2.05) is 0 Å². The first-order chi connectivity index (χ1) is 13.1. The lowest BCUT2D eigenvalue weighted by Crippen LogP contribution is -2.34. The second-order valence-electron chi connectivity index (χ2n) is 6.33. The van der Waals surface area contributed by atoms with E-state index < -0.39 is 5.82 Å². The number of hydrogen-bond donors (Lipinski definition) is 0. The van der Waals surface area contributed by atoms with Crippen molar-refractivity contribution in [3.05, 3.63) is 58.6 Å². The summed E-state index contributed by atoms with van der Waals surface area (Å²) in [5.41, 5.74) is 0.182. The average molecular weight is 368 g/mol. The van der Waals surface area contributed by atoms with Gasteiger partial charge in [-0.2, -0.15) is 4.98 Å². The molecule has 1 aliphatic rings. The summed E-state index contributed by atoms with van der Waals surface area (Å²) in [7, 11) is 0. The zero-order chi connectivity index (χ0) is 18.8. The van der Waals surface area contributed by atoms with Crippen molar-refractivity contribution in [1.29, 1.82) is 0 Å². The van der Waals surface area contributed by atoms with Crippen LogP contribution in [0.2, 0.25) is 0 Å². The lowest BCUT2D eigenvalue weighted by atomic mass is 10.2. The van der Waals surface area contributed by atoms with Crippen molar-refractivity contribution in [2.24, 2.45) is 0 Å². The zero-order valence-corrected chi connectivity index (χ0v) is 14.5. The first-order valence-corrected chi connectivity index (χ1v) is 8.70. The van der Waals surface area contributed by atoms with Crippen molar-refractivity contribution in [2.45, 2.75) is 19.4 Å². The van der Waals surface area contributed by atoms with Crippen LogP contribution in [-0.2, 0) is 11.3 Å². The van der Waals surface area contributed by atoms with Crippen LogP contribution >= 0.6 is 0 Å². The summed E-state index contributed by atoms with van der Waals surface area (Å²) in [6, 6.07) is 10.6. The van der Waals surface area contributed by atoms with E-state index in [9.17, 15) is 14.0 Å². The first-order valence-electron chi connectivity index (χ1n) is 8.70. The van der Waals surface area contributed by atoms with Crippen LogP contribution < -0.4 is 5.56 Å². The Hall–Kier alpha value is -3.29. The maximum Gasteiger partial charge on any atom is 0.274 e. The summed E-state index contributed by atoms with van der Waals surface area (Å²) >= 11 is 0. The maximum absolute atomic E-state index is 13.9. The number of nitrogens with zero attached hydrogens (tertiary/aromatic N) is 4. The van der Waals surface area contributed by atoms with E-state index in [4.69, 9.17) is 4.52 Å². The van der Waals surface area contributed by atoms with Gasteiger partial charge in [0.15, 0.2) is 0 Å². The number of amides is 1. The quantitative estimate of drug-likeness (QED) is 0.706. The Morgan fingerprint density at radius 3 is 2.67 bits per heavy atom. The number of pyridine rings is 1. The number of rotatable bonds is 4.